The number of hydrogen-bond acceptors (Lipinski definition) is 2. The monoisotopic (exact) mass is 164 g/mol. The number of rotatable bonds is 0. The highest BCUT2D eigenvalue weighted by Crippen LogP contribution is 2.54. The van der Waals surface area contributed by atoms with E-state index in [1.54, 1.807) is 6.08 Å². The Morgan fingerprint density at radius 2 is 2.42 bits per heavy atom. The Balaban J connectivity index is 2.01. The SMILES string of the molecule is C[C@@H]1[C@H]2CO[C@H]3C=CC(=O)[C@@H]1[C@@H]23. The van der Waals surface area contributed by atoms with Gasteiger partial charge in [-0.2, -0.15) is 0 Å². The maximum absolute atomic E-state index is 11.4. The number of ether oxygens (including phenoxy) is 1. The van der Waals surface area contributed by atoms with Crippen LogP contribution in [0.15, 0.2) is 12.2 Å². The van der Waals surface area contributed by atoms with Crippen LogP contribution in [0, 0.1) is 23.7 Å². The fourth-order valence-corrected chi connectivity index (χ4v) is 3.07. The summed E-state index contributed by atoms with van der Waals surface area (Å²) < 4.78 is 5.59. The standard InChI is InChI=1S/C10H12O2/c1-5-6-4-12-8-3-2-7(11)9(5)10(6)8/h2-3,5-6,8-10H,4H2,1H3/t5-,6-,8+,9-,10+/m1/s1. The van der Waals surface area contributed by atoms with E-state index >= 15 is 0 Å². The van der Waals surface area contributed by atoms with Crippen LogP contribution in [0.5, 0.6) is 0 Å². The summed E-state index contributed by atoms with van der Waals surface area (Å²) in [5.74, 6) is 2.35. The minimum Gasteiger partial charge on any atom is -0.374 e. The molecule has 0 aromatic rings. The van der Waals surface area contributed by atoms with E-state index in [4.69, 9.17) is 4.74 Å². The van der Waals surface area contributed by atoms with Crippen LogP contribution < -0.4 is 0 Å². The Hall–Kier alpha value is -0.630. The van der Waals surface area contributed by atoms with E-state index in [0.717, 1.165) is 6.61 Å². The molecule has 0 aromatic carbocycles. The molecule has 1 saturated carbocycles. The van der Waals surface area contributed by atoms with Gasteiger partial charge in [-0.3, -0.25) is 4.79 Å². The molecule has 1 heterocycles. The molecule has 2 nitrogen and oxygen atoms in total. The van der Waals surface area contributed by atoms with Gasteiger partial charge in [0, 0.05) is 11.8 Å². The summed E-state index contributed by atoms with van der Waals surface area (Å²) in [6.07, 6.45) is 3.91. The maximum Gasteiger partial charge on any atom is 0.159 e. The third kappa shape index (κ3) is 0.589. The van der Waals surface area contributed by atoms with Crippen molar-refractivity contribution in [3.05, 3.63) is 12.2 Å². The van der Waals surface area contributed by atoms with Crippen LogP contribution in [-0.4, -0.2) is 18.5 Å². The molecule has 0 spiro atoms. The van der Waals surface area contributed by atoms with E-state index in [9.17, 15) is 4.79 Å². The number of hydrogen-bond donors (Lipinski definition) is 0. The summed E-state index contributed by atoms with van der Waals surface area (Å²) in [6, 6.07) is 0. The van der Waals surface area contributed by atoms with Crippen molar-refractivity contribution in [3.8, 4) is 0 Å². The molecule has 1 saturated heterocycles. The quantitative estimate of drug-likeness (QED) is 0.534. The summed E-state index contributed by atoms with van der Waals surface area (Å²) in [6.45, 7) is 3.04. The summed E-state index contributed by atoms with van der Waals surface area (Å²) in [7, 11) is 0. The van der Waals surface area contributed by atoms with Gasteiger partial charge in [-0.05, 0) is 17.9 Å². The van der Waals surface area contributed by atoms with Crippen LogP contribution in [-0.2, 0) is 9.53 Å². The van der Waals surface area contributed by atoms with Crippen LogP contribution >= 0.6 is 0 Å². The van der Waals surface area contributed by atoms with E-state index in [2.05, 4.69) is 6.92 Å². The predicted octanol–water partition coefficient (Wildman–Crippen LogP) is 1.02. The second-order valence-electron chi connectivity index (χ2n) is 4.19. The molecule has 3 rings (SSSR count). The maximum atomic E-state index is 11.4. The van der Waals surface area contributed by atoms with Gasteiger partial charge in [0.25, 0.3) is 0 Å². The zero-order valence-corrected chi connectivity index (χ0v) is 7.07. The number of allylic oxidation sites excluding steroid dienone is 1. The predicted molar refractivity (Wildman–Crippen MR) is 43.5 cm³/mol. The van der Waals surface area contributed by atoms with Crippen molar-refractivity contribution in [1.29, 1.82) is 0 Å². The summed E-state index contributed by atoms with van der Waals surface area (Å²) >= 11 is 0. The molecule has 5 atom stereocenters. The highest BCUT2D eigenvalue weighted by Gasteiger charge is 2.58. The van der Waals surface area contributed by atoms with Gasteiger partial charge in [0.1, 0.15) is 0 Å². The van der Waals surface area contributed by atoms with Crippen molar-refractivity contribution < 1.29 is 9.53 Å². The first-order valence-corrected chi connectivity index (χ1v) is 4.62. The van der Waals surface area contributed by atoms with Crippen LogP contribution in [0.4, 0.5) is 0 Å². The van der Waals surface area contributed by atoms with Crippen LogP contribution in [0.2, 0.25) is 0 Å². The molecule has 1 aliphatic heterocycles. The Morgan fingerprint density at radius 1 is 1.58 bits per heavy atom. The largest absolute Gasteiger partial charge is 0.374 e. The van der Waals surface area contributed by atoms with Crippen LogP contribution in [0.1, 0.15) is 6.92 Å². The van der Waals surface area contributed by atoms with Gasteiger partial charge >= 0.3 is 0 Å². The Bertz CT molecular complexity index is 269. The molecule has 0 aromatic heterocycles. The third-order valence-electron chi connectivity index (χ3n) is 3.79. The molecule has 0 N–H and O–H groups in total. The first-order valence-electron chi connectivity index (χ1n) is 4.62. The van der Waals surface area contributed by atoms with Gasteiger partial charge in [0.2, 0.25) is 0 Å². The van der Waals surface area contributed by atoms with E-state index in [1.165, 1.54) is 0 Å². The number of carbonyl (C=O) groups is 1. The van der Waals surface area contributed by atoms with Gasteiger partial charge in [-0.15, -0.1) is 0 Å². The normalized spacial score (nSPS) is 55.1. The van der Waals surface area contributed by atoms with E-state index < -0.39 is 0 Å². The molecular weight excluding hydrogens is 152 g/mol. The minimum atomic E-state index is 0.258. The van der Waals surface area contributed by atoms with Crippen molar-refractivity contribution in [3.63, 3.8) is 0 Å². The highest BCUT2D eigenvalue weighted by atomic mass is 16.5. The highest BCUT2D eigenvalue weighted by molar-refractivity contribution is 5.94. The number of carbonyl (C=O) groups excluding carboxylic acids is 1. The van der Waals surface area contributed by atoms with Crippen molar-refractivity contribution in [1.82, 2.24) is 0 Å². The fraction of sp³-hybridized carbons (Fsp3) is 0.700. The molecule has 64 valence electrons. The number of ketones is 1. The molecule has 2 fully saturated rings. The third-order valence-corrected chi connectivity index (χ3v) is 3.79. The van der Waals surface area contributed by atoms with Crippen molar-refractivity contribution in [2.75, 3.05) is 6.61 Å². The summed E-state index contributed by atoms with van der Waals surface area (Å²) in [4.78, 5) is 11.4. The lowest BCUT2D eigenvalue weighted by molar-refractivity contribution is -0.131. The van der Waals surface area contributed by atoms with Crippen molar-refractivity contribution in [2.24, 2.45) is 23.7 Å². The smallest absolute Gasteiger partial charge is 0.159 e. The molecule has 12 heavy (non-hydrogen) atoms. The van der Waals surface area contributed by atoms with Gasteiger partial charge in [-0.25, -0.2) is 0 Å². The topological polar surface area (TPSA) is 26.3 Å². The Morgan fingerprint density at radius 3 is 3.25 bits per heavy atom. The molecule has 0 bridgehead atoms. The molecule has 0 unspecified atom stereocenters. The Labute approximate surface area is 71.6 Å². The Kier molecular flexibility index (Phi) is 1.14. The van der Waals surface area contributed by atoms with Gasteiger partial charge in [-0.1, -0.05) is 13.0 Å². The van der Waals surface area contributed by atoms with Crippen LogP contribution in [0.25, 0.3) is 0 Å². The fourth-order valence-electron chi connectivity index (χ4n) is 3.07. The molecule has 3 aliphatic rings. The lowest BCUT2D eigenvalue weighted by Crippen LogP contribution is -2.51. The summed E-state index contributed by atoms with van der Waals surface area (Å²) in [5.41, 5.74) is 0. The molecule has 0 radical (unpaired) electrons. The average Bonchev–Trinajstić information content (AvgIpc) is 2.43. The first-order chi connectivity index (χ1) is 5.79. The van der Waals surface area contributed by atoms with E-state index in [-0.39, 0.29) is 12.0 Å². The second kappa shape index (κ2) is 1.99. The lowest BCUT2D eigenvalue weighted by atomic mass is 9.54. The van der Waals surface area contributed by atoms with Crippen molar-refractivity contribution >= 4 is 5.78 Å². The zero-order chi connectivity index (χ0) is 8.29. The average molecular weight is 164 g/mol. The summed E-state index contributed by atoms with van der Waals surface area (Å²) in [5, 5.41) is 0. The minimum absolute atomic E-state index is 0.258. The zero-order valence-electron chi connectivity index (χ0n) is 7.07. The molecule has 2 heteroatoms. The van der Waals surface area contributed by atoms with Crippen molar-refractivity contribution in [2.45, 2.75) is 13.0 Å². The van der Waals surface area contributed by atoms with E-state index in [1.807, 2.05) is 6.08 Å². The van der Waals surface area contributed by atoms with E-state index in [0.29, 0.717) is 23.5 Å². The van der Waals surface area contributed by atoms with Gasteiger partial charge in [0.15, 0.2) is 5.78 Å². The molecular formula is C10H12O2. The van der Waals surface area contributed by atoms with Gasteiger partial charge in [0.05, 0.1) is 12.7 Å². The van der Waals surface area contributed by atoms with Crippen LogP contribution in [0.3, 0.4) is 0 Å². The molecule has 0 amide bonds. The van der Waals surface area contributed by atoms with Gasteiger partial charge < -0.3 is 4.74 Å². The lowest BCUT2D eigenvalue weighted by Gasteiger charge is -2.47. The second-order valence-corrected chi connectivity index (χ2v) is 4.19. The molecule has 2 aliphatic carbocycles. The first kappa shape index (κ1) is 6.84.